The van der Waals surface area contributed by atoms with Crippen molar-refractivity contribution in [2.45, 2.75) is 134 Å². The molecule has 0 heterocycles. The zero-order valence-electron chi connectivity index (χ0n) is 35.7. The van der Waals surface area contributed by atoms with Gasteiger partial charge in [-0.25, -0.2) is 0 Å². The number of benzene rings is 5. The summed E-state index contributed by atoms with van der Waals surface area (Å²) in [4.78, 5) is 2.79. The van der Waals surface area contributed by atoms with E-state index < -0.39 is 0 Å². The van der Waals surface area contributed by atoms with Gasteiger partial charge in [0.15, 0.2) is 0 Å². The predicted molar refractivity (Wildman–Crippen MR) is 238 cm³/mol. The Morgan fingerprint density at radius 2 is 1.05 bits per heavy atom. The Bertz CT molecular complexity index is 2450. The molecule has 2 spiro atoms. The lowest BCUT2D eigenvalue weighted by atomic mass is 9.26. The predicted octanol–water partition coefficient (Wildman–Crippen LogP) is 14.9. The first-order valence-corrected chi connectivity index (χ1v) is 22.6. The topological polar surface area (TPSA) is 3.24 Å². The van der Waals surface area contributed by atoms with E-state index in [4.69, 9.17) is 0 Å². The largest absolute Gasteiger partial charge is 0.310 e. The second-order valence-corrected chi connectivity index (χ2v) is 22.7. The molecule has 1 heteroatoms. The van der Waals surface area contributed by atoms with Crippen molar-refractivity contribution in [2.24, 2.45) is 29.1 Å². The highest BCUT2D eigenvalue weighted by Crippen LogP contribution is 2.90. The number of nitrogens with zero attached hydrogens (tertiary/aromatic N) is 1. The summed E-state index contributed by atoms with van der Waals surface area (Å²) in [5.41, 5.74) is 20.5. The highest BCUT2D eigenvalue weighted by molar-refractivity contribution is 5.93. The van der Waals surface area contributed by atoms with Crippen molar-refractivity contribution in [3.05, 3.63) is 137 Å². The first-order chi connectivity index (χ1) is 27.2. The van der Waals surface area contributed by atoms with Crippen molar-refractivity contribution in [3.8, 4) is 22.3 Å². The minimum atomic E-state index is 0.0620. The molecule has 12 rings (SSSR count). The Morgan fingerprint density at radius 1 is 0.474 bits per heavy atom. The van der Waals surface area contributed by atoms with Gasteiger partial charge in [0, 0.05) is 11.1 Å². The van der Waals surface area contributed by atoms with Crippen LogP contribution in [0.4, 0.5) is 17.1 Å². The summed E-state index contributed by atoms with van der Waals surface area (Å²) in [6, 6.07) is 41.2. The monoisotopic (exact) mass is 747 g/mol. The smallest absolute Gasteiger partial charge is 0.0502 e. The van der Waals surface area contributed by atoms with Crippen LogP contribution in [0.5, 0.6) is 0 Å². The van der Waals surface area contributed by atoms with E-state index in [0.29, 0.717) is 5.41 Å². The molecule has 0 amide bonds. The molecule has 4 fully saturated rings. The zero-order chi connectivity index (χ0) is 39.1. The summed E-state index contributed by atoms with van der Waals surface area (Å²) in [5.74, 6) is 3.36. The molecule has 0 aromatic heterocycles. The van der Waals surface area contributed by atoms with Crippen LogP contribution in [0.1, 0.15) is 140 Å². The quantitative estimate of drug-likeness (QED) is 0.177. The van der Waals surface area contributed by atoms with Crippen LogP contribution in [-0.2, 0) is 27.1 Å². The van der Waals surface area contributed by atoms with Gasteiger partial charge >= 0.3 is 0 Å². The third-order valence-corrected chi connectivity index (χ3v) is 18.2. The summed E-state index contributed by atoms with van der Waals surface area (Å²) in [6.45, 7) is 20.0. The molecular formula is C56H61N. The van der Waals surface area contributed by atoms with E-state index in [2.05, 4.69) is 163 Å². The van der Waals surface area contributed by atoms with Gasteiger partial charge in [-0.3, -0.25) is 0 Å². The maximum absolute atomic E-state index is 2.79. The Morgan fingerprint density at radius 3 is 1.68 bits per heavy atom. The fourth-order valence-corrected chi connectivity index (χ4v) is 15.6. The molecule has 2 bridgehead atoms. The van der Waals surface area contributed by atoms with Gasteiger partial charge in [-0.1, -0.05) is 134 Å². The summed E-state index contributed by atoms with van der Waals surface area (Å²) >= 11 is 0. The molecule has 290 valence electrons. The van der Waals surface area contributed by atoms with Gasteiger partial charge in [0.25, 0.3) is 0 Å². The Labute approximate surface area is 342 Å². The molecule has 6 unspecified atom stereocenters. The fourth-order valence-electron chi connectivity index (χ4n) is 15.6. The lowest BCUT2D eigenvalue weighted by Crippen LogP contribution is -2.73. The lowest BCUT2D eigenvalue weighted by Gasteiger charge is -2.76. The van der Waals surface area contributed by atoms with Crippen molar-refractivity contribution in [1.29, 1.82) is 0 Å². The second-order valence-electron chi connectivity index (χ2n) is 22.7. The van der Waals surface area contributed by atoms with Crippen molar-refractivity contribution in [1.82, 2.24) is 0 Å². The molecule has 1 nitrogen and oxygen atoms in total. The van der Waals surface area contributed by atoms with Crippen molar-refractivity contribution in [2.75, 3.05) is 4.90 Å². The van der Waals surface area contributed by atoms with E-state index in [1.165, 1.54) is 102 Å². The van der Waals surface area contributed by atoms with E-state index >= 15 is 0 Å². The summed E-state index contributed by atoms with van der Waals surface area (Å²) in [5, 5.41) is 0. The molecule has 0 saturated heterocycles. The van der Waals surface area contributed by atoms with Crippen LogP contribution in [-0.4, -0.2) is 0 Å². The SMILES string of the molecule is CC1(C)CCC(C)(C)c2c(N(c3ccc4c(c3)C3(c5c(-c6ccccc6)cccc5-4)C4CC5CC6CC3C64C5)c3cccc4c3C(C)(C)CCC4(C)C)cccc21. The Balaban J connectivity index is 1.15. The lowest BCUT2D eigenvalue weighted by molar-refractivity contribution is -0.231. The normalized spacial score (nSPS) is 31.6. The van der Waals surface area contributed by atoms with Gasteiger partial charge in [0.05, 0.1) is 11.4 Å². The second kappa shape index (κ2) is 10.9. The molecule has 0 radical (unpaired) electrons. The van der Waals surface area contributed by atoms with E-state index in [-0.39, 0.29) is 27.1 Å². The molecule has 7 aliphatic rings. The number of rotatable bonds is 4. The van der Waals surface area contributed by atoms with Gasteiger partial charge < -0.3 is 4.90 Å². The Kier molecular flexibility index (Phi) is 6.69. The highest BCUT2D eigenvalue weighted by atomic mass is 15.2. The van der Waals surface area contributed by atoms with Crippen LogP contribution >= 0.6 is 0 Å². The highest BCUT2D eigenvalue weighted by Gasteiger charge is 2.84. The number of hydrogen-bond donors (Lipinski definition) is 0. The van der Waals surface area contributed by atoms with E-state index in [9.17, 15) is 0 Å². The molecule has 5 aromatic carbocycles. The van der Waals surface area contributed by atoms with Crippen molar-refractivity contribution < 1.29 is 0 Å². The third-order valence-electron chi connectivity index (χ3n) is 18.2. The first kappa shape index (κ1) is 34.9. The van der Waals surface area contributed by atoms with Crippen molar-refractivity contribution >= 4 is 17.1 Å². The Hall–Kier alpha value is -4.10. The van der Waals surface area contributed by atoms with Crippen LogP contribution < -0.4 is 4.90 Å². The van der Waals surface area contributed by atoms with Crippen LogP contribution in [0.15, 0.2) is 103 Å². The minimum Gasteiger partial charge on any atom is -0.310 e. The first-order valence-electron chi connectivity index (χ1n) is 22.6. The average Bonchev–Trinajstić information content (AvgIpc) is 3.83. The number of anilines is 3. The van der Waals surface area contributed by atoms with Crippen LogP contribution in [0, 0.1) is 29.1 Å². The molecule has 5 aromatic rings. The van der Waals surface area contributed by atoms with Gasteiger partial charge in [-0.05, 0) is 182 Å². The van der Waals surface area contributed by atoms with E-state index in [0.717, 1.165) is 23.7 Å². The van der Waals surface area contributed by atoms with E-state index in [1.807, 2.05) is 0 Å². The molecule has 57 heavy (non-hydrogen) atoms. The molecule has 7 aliphatic carbocycles. The molecule has 4 saturated carbocycles. The third kappa shape index (κ3) is 4.18. The molecule has 0 aliphatic heterocycles. The van der Waals surface area contributed by atoms with Gasteiger partial charge in [-0.15, -0.1) is 0 Å². The van der Waals surface area contributed by atoms with E-state index in [1.54, 1.807) is 22.3 Å². The van der Waals surface area contributed by atoms with Crippen molar-refractivity contribution in [3.63, 3.8) is 0 Å². The maximum atomic E-state index is 2.79. The number of hydrogen-bond acceptors (Lipinski definition) is 1. The molecular weight excluding hydrogens is 687 g/mol. The molecule has 0 N–H and O–H groups in total. The van der Waals surface area contributed by atoms with Crippen LogP contribution in [0.2, 0.25) is 0 Å². The van der Waals surface area contributed by atoms with Gasteiger partial charge in [0.2, 0.25) is 0 Å². The minimum absolute atomic E-state index is 0.0620. The van der Waals surface area contributed by atoms with Crippen LogP contribution in [0.3, 0.4) is 0 Å². The molecule has 6 atom stereocenters. The van der Waals surface area contributed by atoms with Crippen LogP contribution in [0.25, 0.3) is 22.3 Å². The van der Waals surface area contributed by atoms with Gasteiger partial charge in [-0.2, -0.15) is 0 Å². The summed E-state index contributed by atoms with van der Waals surface area (Å²) in [7, 11) is 0. The van der Waals surface area contributed by atoms with Gasteiger partial charge in [0.1, 0.15) is 0 Å². The standard InChI is InChI=1S/C56H61N/c1-51(2)25-27-53(5,6)49-41(51)19-13-21-44(49)57(45-22-14-20-42-50(45)54(7,8)28-26-52(42,3)4)37-23-24-39-40-18-12-17-38(35-15-10-9-11-16-35)48(40)56(43(39)32-37)46-30-34-29-36-31-47(56)55(36,46)33-34/h9-24,32,34,36,46-47H,25-31,33H2,1-8H3. The summed E-state index contributed by atoms with van der Waals surface area (Å²) in [6.07, 6.45) is 10.6. The average molecular weight is 748 g/mol. The number of fused-ring (bicyclic) bond motifs is 10. The zero-order valence-corrected chi connectivity index (χ0v) is 35.7. The fraction of sp³-hybridized carbons (Fsp3) is 0.464. The maximum Gasteiger partial charge on any atom is 0.0502 e. The summed E-state index contributed by atoms with van der Waals surface area (Å²) < 4.78 is 0.